The molecule has 1 aromatic carbocycles. The maximum Gasteiger partial charge on any atom is 0.323 e. The van der Waals surface area contributed by atoms with Crippen LogP contribution in [0.25, 0.3) is 10.9 Å². The summed E-state index contributed by atoms with van der Waals surface area (Å²) in [5.41, 5.74) is 1.46. The molecule has 1 aromatic heterocycles. The van der Waals surface area contributed by atoms with Gasteiger partial charge in [0.2, 0.25) is 0 Å². The van der Waals surface area contributed by atoms with E-state index in [1.165, 1.54) is 4.90 Å². The molecule has 2 aromatic rings. The smallest absolute Gasteiger partial charge is 0.323 e. The summed E-state index contributed by atoms with van der Waals surface area (Å²) >= 11 is 0. The lowest BCUT2D eigenvalue weighted by Gasteiger charge is -2.24. The molecule has 0 saturated heterocycles. The largest absolute Gasteiger partial charge is 0.480 e. The Bertz CT molecular complexity index is 706. The van der Waals surface area contributed by atoms with Crippen molar-refractivity contribution in [2.24, 2.45) is 0 Å². The third-order valence-electron chi connectivity index (χ3n) is 3.75. The first-order chi connectivity index (χ1) is 11.0. The van der Waals surface area contributed by atoms with E-state index in [4.69, 9.17) is 9.84 Å². The Labute approximate surface area is 135 Å². The van der Waals surface area contributed by atoms with Gasteiger partial charge in [0.25, 0.3) is 5.91 Å². The minimum Gasteiger partial charge on any atom is -0.480 e. The van der Waals surface area contributed by atoms with E-state index in [9.17, 15) is 9.59 Å². The molecule has 1 heterocycles. The minimum absolute atomic E-state index is 0.195. The SMILES string of the molecule is COCCn1cc(C(=O)N(CC(=O)O)C(C)C)c2ccccc21. The fraction of sp³-hybridized carbons (Fsp3) is 0.412. The Hall–Kier alpha value is -2.34. The van der Waals surface area contributed by atoms with Gasteiger partial charge >= 0.3 is 5.97 Å². The number of carbonyl (C=O) groups excluding carboxylic acids is 1. The quantitative estimate of drug-likeness (QED) is 0.849. The van der Waals surface area contributed by atoms with Crippen LogP contribution in [0.3, 0.4) is 0 Å². The van der Waals surface area contributed by atoms with Gasteiger partial charge in [-0.15, -0.1) is 0 Å². The number of para-hydroxylation sites is 1. The molecule has 2 rings (SSSR count). The molecule has 0 atom stereocenters. The molecule has 0 fully saturated rings. The first-order valence-electron chi connectivity index (χ1n) is 7.55. The summed E-state index contributed by atoms with van der Waals surface area (Å²) < 4.78 is 7.07. The van der Waals surface area contributed by atoms with E-state index in [0.29, 0.717) is 18.7 Å². The van der Waals surface area contributed by atoms with Crippen LogP contribution in [0.1, 0.15) is 24.2 Å². The summed E-state index contributed by atoms with van der Waals surface area (Å²) in [6.07, 6.45) is 1.78. The molecule has 0 bridgehead atoms. The Morgan fingerprint density at radius 3 is 2.61 bits per heavy atom. The molecule has 0 aliphatic heterocycles. The monoisotopic (exact) mass is 318 g/mol. The Balaban J connectivity index is 2.45. The molecule has 0 radical (unpaired) electrons. The van der Waals surface area contributed by atoms with E-state index in [1.807, 2.05) is 42.7 Å². The maximum atomic E-state index is 12.8. The predicted molar refractivity (Wildman–Crippen MR) is 87.6 cm³/mol. The number of methoxy groups -OCH3 is 1. The molecule has 0 saturated carbocycles. The topological polar surface area (TPSA) is 71.8 Å². The number of ether oxygens (including phenoxy) is 1. The number of hydrogen-bond acceptors (Lipinski definition) is 3. The van der Waals surface area contributed by atoms with Crippen LogP contribution in [-0.2, 0) is 16.1 Å². The highest BCUT2D eigenvalue weighted by Crippen LogP contribution is 2.23. The van der Waals surface area contributed by atoms with Gasteiger partial charge in [-0.1, -0.05) is 18.2 Å². The molecule has 0 aliphatic rings. The van der Waals surface area contributed by atoms with Crippen LogP contribution in [-0.4, -0.2) is 52.8 Å². The molecule has 0 aliphatic carbocycles. The number of aliphatic carboxylic acids is 1. The second kappa shape index (κ2) is 7.28. The summed E-state index contributed by atoms with van der Waals surface area (Å²) in [5.74, 6) is -1.29. The zero-order chi connectivity index (χ0) is 17.0. The highest BCUT2D eigenvalue weighted by Gasteiger charge is 2.24. The van der Waals surface area contributed by atoms with Crippen molar-refractivity contribution in [3.05, 3.63) is 36.0 Å². The second-order valence-corrected chi connectivity index (χ2v) is 5.67. The van der Waals surface area contributed by atoms with Gasteiger partial charge in [0, 0.05) is 36.8 Å². The van der Waals surface area contributed by atoms with E-state index in [0.717, 1.165) is 10.9 Å². The zero-order valence-electron chi connectivity index (χ0n) is 13.7. The third kappa shape index (κ3) is 3.71. The molecule has 6 heteroatoms. The van der Waals surface area contributed by atoms with Crippen LogP contribution in [0.15, 0.2) is 30.5 Å². The summed E-state index contributed by atoms with van der Waals surface area (Å²) in [6, 6.07) is 7.41. The van der Waals surface area contributed by atoms with Crippen LogP contribution < -0.4 is 0 Å². The van der Waals surface area contributed by atoms with Gasteiger partial charge < -0.3 is 19.3 Å². The molecule has 23 heavy (non-hydrogen) atoms. The Morgan fingerprint density at radius 1 is 1.30 bits per heavy atom. The summed E-state index contributed by atoms with van der Waals surface area (Å²) in [5, 5.41) is 9.87. The predicted octanol–water partition coefficient (Wildman–Crippen LogP) is 2.22. The molecule has 0 spiro atoms. The van der Waals surface area contributed by atoms with Crippen molar-refractivity contribution >= 4 is 22.8 Å². The van der Waals surface area contributed by atoms with Gasteiger partial charge in [0.05, 0.1) is 12.2 Å². The van der Waals surface area contributed by atoms with Crippen molar-refractivity contribution in [3.8, 4) is 0 Å². The summed E-state index contributed by atoms with van der Waals surface area (Å²) in [6.45, 7) is 4.48. The number of carboxylic acids is 1. The van der Waals surface area contributed by atoms with Gasteiger partial charge in [-0.25, -0.2) is 0 Å². The lowest BCUT2D eigenvalue weighted by atomic mass is 10.1. The normalized spacial score (nSPS) is 11.1. The highest BCUT2D eigenvalue weighted by molar-refractivity contribution is 6.07. The molecule has 6 nitrogen and oxygen atoms in total. The minimum atomic E-state index is -1.02. The van der Waals surface area contributed by atoms with Crippen LogP contribution in [0, 0.1) is 0 Å². The number of nitrogens with zero attached hydrogens (tertiary/aromatic N) is 2. The lowest BCUT2D eigenvalue weighted by Crippen LogP contribution is -2.40. The van der Waals surface area contributed by atoms with Gasteiger partial charge in [0.15, 0.2) is 0 Å². The number of rotatable bonds is 7. The summed E-state index contributed by atoms with van der Waals surface area (Å²) in [4.78, 5) is 25.3. The van der Waals surface area contributed by atoms with E-state index >= 15 is 0 Å². The van der Waals surface area contributed by atoms with Gasteiger partial charge in [-0.3, -0.25) is 9.59 Å². The molecule has 124 valence electrons. The fourth-order valence-electron chi connectivity index (χ4n) is 2.58. The first kappa shape index (κ1) is 17.0. The van der Waals surface area contributed by atoms with E-state index in [1.54, 1.807) is 13.3 Å². The zero-order valence-corrected chi connectivity index (χ0v) is 13.7. The molecular formula is C17H22N2O4. The number of aromatic nitrogens is 1. The number of carboxylic acid groups (broad SMARTS) is 1. The van der Waals surface area contributed by atoms with E-state index in [-0.39, 0.29) is 18.5 Å². The molecular weight excluding hydrogens is 296 g/mol. The van der Waals surface area contributed by atoms with Crippen LogP contribution in [0.2, 0.25) is 0 Å². The van der Waals surface area contributed by atoms with Crippen molar-refractivity contribution < 1.29 is 19.4 Å². The molecule has 0 unspecified atom stereocenters. The number of fused-ring (bicyclic) bond motifs is 1. The highest BCUT2D eigenvalue weighted by atomic mass is 16.5. The van der Waals surface area contributed by atoms with Gasteiger partial charge in [0.1, 0.15) is 6.54 Å². The number of amides is 1. The van der Waals surface area contributed by atoms with Crippen LogP contribution >= 0.6 is 0 Å². The van der Waals surface area contributed by atoms with Crippen LogP contribution in [0.4, 0.5) is 0 Å². The molecule has 1 N–H and O–H groups in total. The number of hydrogen-bond donors (Lipinski definition) is 1. The van der Waals surface area contributed by atoms with E-state index < -0.39 is 5.97 Å². The van der Waals surface area contributed by atoms with Crippen molar-refractivity contribution in [2.45, 2.75) is 26.4 Å². The van der Waals surface area contributed by atoms with Crippen molar-refractivity contribution in [1.29, 1.82) is 0 Å². The maximum absolute atomic E-state index is 12.8. The van der Waals surface area contributed by atoms with Crippen molar-refractivity contribution in [1.82, 2.24) is 9.47 Å². The summed E-state index contributed by atoms with van der Waals surface area (Å²) in [7, 11) is 1.63. The Morgan fingerprint density at radius 2 is 2.00 bits per heavy atom. The molecule has 1 amide bonds. The second-order valence-electron chi connectivity index (χ2n) is 5.67. The average molecular weight is 318 g/mol. The van der Waals surface area contributed by atoms with Gasteiger partial charge in [-0.2, -0.15) is 0 Å². The van der Waals surface area contributed by atoms with Crippen molar-refractivity contribution in [2.75, 3.05) is 20.3 Å². The van der Waals surface area contributed by atoms with Gasteiger partial charge in [-0.05, 0) is 19.9 Å². The third-order valence-corrected chi connectivity index (χ3v) is 3.75. The van der Waals surface area contributed by atoms with E-state index in [2.05, 4.69) is 0 Å². The standard InChI is InChI=1S/C17H22N2O4/c1-12(2)19(11-16(20)21)17(22)14-10-18(8-9-23-3)15-7-5-4-6-13(14)15/h4-7,10,12H,8-9,11H2,1-3H3,(H,20,21). The number of benzene rings is 1. The Kier molecular flexibility index (Phi) is 5.39. The fourth-order valence-corrected chi connectivity index (χ4v) is 2.58. The number of carbonyl (C=O) groups is 2. The van der Waals surface area contributed by atoms with Crippen LogP contribution in [0.5, 0.6) is 0 Å². The lowest BCUT2D eigenvalue weighted by molar-refractivity contribution is -0.138. The van der Waals surface area contributed by atoms with Crippen molar-refractivity contribution in [3.63, 3.8) is 0 Å². The first-order valence-corrected chi connectivity index (χ1v) is 7.55. The average Bonchev–Trinajstić information content (AvgIpc) is 2.88.